The van der Waals surface area contributed by atoms with E-state index in [-0.39, 0.29) is 31.5 Å². The van der Waals surface area contributed by atoms with Crippen molar-refractivity contribution in [2.45, 2.75) is 354 Å². The number of esters is 1. The maximum atomic E-state index is 13.5. The molecule has 0 fully saturated rings. The van der Waals surface area contributed by atoms with Gasteiger partial charge < -0.3 is 28.5 Å². The zero-order chi connectivity index (χ0) is 56.4. The summed E-state index contributed by atoms with van der Waals surface area (Å²) in [5, 5.41) is 3.03. The van der Waals surface area contributed by atoms with Gasteiger partial charge >= 0.3 is 5.97 Å². The van der Waals surface area contributed by atoms with Crippen LogP contribution in [0.4, 0.5) is 0 Å². The van der Waals surface area contributed by atoms with Gasteiger partial charge in [0.15, 0.2) is 0 Å². The van der Waals surface area contributed by atoms with Crippen LogP contribution >= 0.6 is 7.82 Å². The van der Waals surface area contributed by atoms with Crippen LogP contribution < -0.4 is 10.2 Å². The van der Waals surface area contributed by atoms with Crippen molar-refractivity contribution in [1.29, 1.82) is 0 Å². The van der Waals surface area contributed by atoms with Crippen molar-refractivity contribution in [3.8, 4) is 0 Å². The van der Waals surface area contributed by atoms with E-state index in [0.29, 0.717) is 23.9 Å². The number of carbonyl (C=O) groups excluding carboxylic acids is 2. The zero-order valence-corrected chi connectivity index (χ0v) is 53.1. The molecule has 456 valence electrons. The van der Waals surface area contributed by atoms with Gasteiger partial charge in [0.25, 0.3) is 7.82 Å². The molecule has 0 aromatic rings. The first-order valence-corrected chi connectivity index (χ1v) is 35.1. The number of hydrogen-bond acceptors (Lipinski definition) is 7. The van der Waals surface area contributed by atoms with Crippen molar-refractivity contribution < 1.29 is 37.3 Å². The molecule has 0 heterocycles. The average Bonchev–Trinajstić information content (AvgIpc) is 3.39. The van der Waals surface area contributed by atoms with Gasteiger partial charge in [-0.25, -0.2) is 0 Å². The lowest BCUT2D eigenvalue weighted by Gasteiger charge is -2.30. The van der Waals surface area contributed by atoms with Crippen molar-refractivity contribution in [2.75, 3.05) is 40.9 Å². The predicted octanol–water partition coefficient (Wildman–Crippen LogP) is 20.3. The van der Waals surface area contributed by atoms with Gasteiger partial charge in [-0.05, 0) is 57.4 Å². The monoisotopic (exact) mass is 1110 g/mol. The molecule has 0 aromatic carbocycles. The molecule has 0 aromatic heterocycles. The van der Waals surface area contributed by atoms with Gasteiger partial charge in [0.1, 0.15) is 19.3 Å². The topological polar surface area (TPSA) is 114 Å². The average molecular weight is 1110 g/mol. The summed E-state index contributed by atoms with van der Waals surface area (Å²) in [6.45, 7) is 6.87. The second-order valence-corrected chi connectivity index (χ2v) is 25.7. The first kappa shape index (κ1) is 75.5. The number of nitrogens with one attached hydrogen (secondary N) is 1. The summed E-state index contributed by atoms with van der Waals surface area (Å²) in [5.74, 6) is -0.543. The number of unbranched alkanes of at least 4 members (excludes halogenated alkanes) is 44. The second kappa shape index (κ2) is 57.7. The Morgan fingerprint density at radius 3 is 1.12 bits per heavy atom. The molecule has 0 saturated heterocycles. The van der Waals surface area contributed by atoms with E-state index < -0.39 is 20.0 Å². The number of amides is 1. The lowest BCUT2D eigenvalue weighted by molar-refractivity contribution is -0.870. The third-order valence-corrected chi connectivity index (χ3v) is 16.3. The Hall–Kier alpha value is -1.51. The first-order valence-electron chi connectivity index (χ1n) is 33.6. The van der Waals surface area contributed by atoms with Crippen LogP contribution in [0, 0.1) is 0 Å². The van der Waals surface area contributed by atoms with E-state index in [1.165, 1.54) is 238 Å². The van der Waals surface area contributed by atoms with Crippen molar-refractivity contribution >= 4 is 19.7 Å². The van der Waals surface area contributed by atoms with Gasteiger partial charge in [-0.1, -0.05) is 296 Å². The third kappa shape index (κ3) is 58.9. The van der Waals surface area contributed by atoms with Gasteiger partial charge in [-0.2, -0.15) is 0 Å². The number of phosphoric ester groups is 1. The standard InChI is InChI=1S/C67H131N2O7P/c1-7-10-13-16-19-22-25-27-28-29-30-31-32-33-34-35-36-37-38-39-40-42-44-47-50-53-56-59-66(70)68-64(63-75-77(72,73)74-62-61-69(4,5)6)65(58-55-52-49-46-43-24-21-18-15-12-9-3)76-67(71)60-57-54-51-48-45-41-26-23-20-17-14-11-8-2/h41,45,55,58,64-65H,7-40,42-44,46-54,56-57,59-63H2,1-6H3,(H-,68,70,72,73)/b45-41-,58-55-. The van der Waals surface area contributed by atoms with E-state index in [2.05, 4.69) is 38.2 Å². The van der Waals surface area contributed by atoms with Crippen LogP contribution in [0.5, 0.6) is 0 Å². The molecule has 10 heteroatoms. The molecule has 0 rings (SSSR count). The first-order chi connectivity index (χ1) is 37.4. The Labute approximate surface area is 479 Å². The number of ether oxygens (including phenoxy) is 1. The molecule has 0 bridgehead atoms. The quantitative estimate of drug-likeness (QED) is 0.0212. The highest BCUT2D eigenvalue weighted by atomic mass is 31.2. The van der Waals surface area contributed by atoms with E-state index in [1.54, 1.807) is 0 Å². The van der Waals surface area contributed by atoms with Crippen LogP contribution in [-0.2, 0) is 27.9 Å². The fourth-order valence-corrected chi connectivity index (χ4v) is 10.9. The van der Waals surface area contributed by atoms with Crippen molar-refractivity contribution in [1.82, 2.24) is 5.32 Å². The molecule has 0 aliphatic heterocycles. The molecule has 3 atom stereocenters. The van der Waals surface area contributed by atoms with E-state index >= 15 is 0 Å². The van der Waals surface area contributed by atoms with Gasteiger partial charge in [-0.3, -0.25) is 14.2 Å². The van der Waals surface area contributed by atoms with E-state index in [0.717, 1.165) is 64.2 Å². The number of hydrogen-bond donors (Lipinski definition) is 1. The summed E-state index contributed by atoms with van der Waals surface area (Å²) in [7, 11) is 1.19. The molecular weight excluding hydrogens is 976 g/mol. The molecule has 0 radical (unpaired) electrons. The highest BCUT2D eigenvalue weighted by Gasteiger charge is 2.27. The Morgan fingerprint density at radius 2 is 0.753 bits per heavy atom. The molecule has 9 nitrogen and oxygen atoms in total. The smallest absolute Gasteiger partial charge is 0.306 e. The summed E-state index contributed by atoms with van der Waals surface area (Å²) in [6.07, 6.45) is 68.9. The van der Waals surface area contributed by atoms with Crippen LogP contribution in [0.15, 0.2) is 24.3 Å². The summed E-state index contributed by atoms with van der Waals surface area (Å²) in [4.78, 5) is 40.0. The Kier molecular flexibility index (Phi) is 56.6. The van der Waals surface area contributed by atoms with Crippen molar-refractivity contribution in [3.05, 3.63) is 24.3 Å². The van der Waals surface area contributed by atoms with E-state index in [1.807, 2.05) is 33.3 Å². The fourth-order valence-electron chi connectivity index (χ4n) is 10.2. The van der Waals surface area contributed by atoms with Crippen molar-refractivity contribution in [3.63, 3.8) is 0 Å². The number of nitrogens with zero attached hydrogens (tertiary/aromatic N) is 1. The maximum Gasteiger partial charge on any atom is 0.306 e. The molecule has 77 heavy (non-hydrogen) atoms. The van der Waals surface area contributed by atoms with Crippen LogP contribution in [-0.4, -0.2) is 69.4 Å². The van der Waals surface area contributed by atoms with Crippen LogP contribution in [0.1, 0.15) is 342 Å². The molecule has 0 aliphatic carbocycles. The molecule has 0 aliphatic rings. The summed E-state index contributed by atoms with van der Waals surface area (Å²) < 4.78 is 30.3. The number of quaternary nitrogens is 1. The molecule has 1 amide bonds. The van der Waals surface area contributed by atoms with Gasteiger partial charge in [0, 0.05) is 12.8 Å². The largest absolute Gasteiger partial charge is 0.756 e. The number of rotatable bonds is 62. The molecule has 3 unspecified atom stereocenters. The molecular formula is C67H131N2O7P. The molecule has 0 spiro atoms. The second-order valence-electron chi connectivity index (χ2n) is 24.3. The van der Waals surface area contributed by atoms with Gasteiger partial charge in [0.2, 0.25) is 5.91 Å². The summed E-state index contributed by atoms with van der Waals surface area (Å²) in [6, 6.07) is -0.888. The van der Waals surface area contributed by atoms with Crippen LogP contribution in [0.3, 0.4) is 0 Å². The summed E-state index contributed by atoms with van der Waals surface area (Å²) in [5.41, 5.74) is 0. The zero-order valence-electron chi connectivity index (χ0n) is 52.2. The third-order valence-electron chi connectivity index (χ3n) is 15.4. The number of carbonyl (C=O) groups is 2. The minimum Gasteiger partial charge on any atom is -0.756 e. The van der Waals surface area contributed by atoms with Crippen LogP contribution in [0.25, 0.3) is 0 Å². The predicted molar refractivity (Wildman–Crippen MR) is 330 cm³/mol. The SMILES string of the molecule is CCCCCCCC/C=C\CCCCCC(=O)OC(/C=C\CCCCCCCCCCC)C(COP(=O)([O-])OCC[N+](C)(C)C)NC(=O)CCCCCCCCCCCCCCCCCCCCCCCCCCCCC. The normalized spacial score (nSPS) is 13.7. The highest BCUT2D eigenvalue weighted by Crippen LogP contribution is 2.38. The maximum absolute atomic E-state index is 13.5. The van der Waals surface area contributed by atoms with Crippen molar-refractivity contribution in [2.24, 2.45) is 0 Å². The molecule has 1 N–H and O–H groups in total. The molecule has 0 saturated carbocycles. The van der Waals surface area contributed by atoms with E-state index in [4.69, 9.17) is 13.8 Å². The van der Waals surface area contributed by atoms with Gasteiger partial charge in [0.05, 0.1) is 33.8 Å². The minimum absolute atomic E-state index is 0.0209. The summed E-state index contributed by atoms with van der Waals surface area (Å²) >= 11 is 0. The van der Waals surface area contributed by atoms with Gasteiger partial charge in [-0.15, -0.1) is 0 Å². The Bertz CT molecular complexity index is 1370. The van der Waals surface area contributed by atoms with Crippen LogP contribution in [0.2, 0.25) is 0 Å². The number of allylic oxidation sites excluding steroid dienone is 3. The fraction of sp³-hybridized carbons (Fsp3) is 0.910. The Morgan fingerprint density at radius 1 is 0.442 bits per heavy atom. The Balaban J connectivity index is 4.92. The minimum atomic E-state index is -4.69. The number of likely N-dealkylation sites (N-methyl/N-ethyl adjacent to an activating group) is 1. The van der Waals surface area contributed by atoms with E-state index in [9.17, 15) is 19.0 Å². The highest BCUT2D eigenvalue weighted by molar-refractivity contribution is 7.45. The number of phosphoric acid groups is 1. The lowest BCUT2D eigenvalue weighted by Crippen LogP contribution is -2.47. The lowest BCUT2D eigenvalue weighted by atomic mass is 10.0.